The largest absolute Gasteiger partial charge is 0.361 e. The lowest BCUT2D eigenvalue weighted by Crippen LogP contribution is -1.99. The number of aromatic nitrogens is 1. The van der Waals surface area contributed by atoms with Crippen LogP contribution in [0.5, 0.6) is 0 Å². The number of rotatable bonds is 3. The summed E-state index contributed by atoms with van der Waals surface area (Å²) in [4.78, 5) is 3.21. The molecule has 2 aromatic rings. The maximum absolute atomic E-state index is 6.13. The van der Waals surface area contributed by atoms with Gasteiger partial charge in [0.25, 0.3) is 0 Å². The SMILES string of the molecule is NCCCc1c[nH]c2cccc(Cl)c12. The summed E-state index contributed by atoms with van der Waals surface area (Å²) in [6, 6.07) is 5.91. The second-order valence-electron chi connectivity index (χ2n) is 3.37. The zero-order chi connectivity index (χ0) is 9.97. The molecule has 2 nitrogen and oxygen atoms in total. The number of halogens is 1. The number of fused-ring (bicyclic) bond motifs is 1. The maximum atomic E-state index is 6.13. The van der Waals surface area contributed by atoms with Crippen molar-refractivity contribution in [3.05, 3.63) is 35.0 Å². The Morgan fingerprint density at radius 3 is 3.00 bits per heavy atom. The number of hydrogen-bond acceptors (Lipinski definition) is 1. The van der Waals surface area contributed by atoms with Gasteiger partial charge in [0.05, 0.1) is 5.02 Å². The average Bonchev–Trinajstić information content (AvgIpc) is 2.59. The topological polar surface area (TPSA) is 41.8 Å². The zero-order valence-corrected chi connectivity index (χ0v) is 8.64. The summed E-state index contributed by atoms with van der Waals surface area (Å²) in [5, 5.41) is 1.96. The molecule has 0 bridgehead atoms. The van der Waals surface area contributed by atoms with Gasteiger partial charge in [-0.3, -0.25) is 0 Å². The van der Waals surface area contributed by atoms with Crippen molar-refractivity contribution in [1.29, 1.82) is 0 Å². The molecular formula is C11H13ClN2. The molecule has 14 heavy (non-hydrogen) atoms. The van der Waals surface area contributed by atoms with E-state index in [0.29, 0.717) is 0 Å². The van der Waals surface area contributed by atoms with Crippen molar-refractivity contribution in [3.63, 3.8) is 0 Å². The standard InChI is InChI=1S/C11H13ClN2/c12-9-4-1-5-10-11(9)8(7-14-10)3-2-6-13/h1,4-5,7,14H,2-3,6,13H2. The molecule has 0 radical (unpaired) electrons. The van der Waals surface area contributed by atoms with E-state index in [2.05, 4.69) is 4.98 Å². The van der Waals surface area contributed by atoms with Gasteiger partial charge in [-0.25, -0.2) is 0 Å². The Bertz CT molecular complexity index is 434. The molecule has 0 amide bonds. The Morgan fingerprint density at radius 1 is 1.36 bits per heavy atom. The summed E-state index contributed by atoms with van der Waals surface area (Å²) in [6.07, 6.45) is 4.00. The average molecular weight is 209 g/mol. The summed E-state index contributed by atoms with van der Waals surface area (Å²) in [5.74, 6) is 0. The second kappa shape index (κ2) is 4.03. The van der Waals surface area contributed by atoms with E-state index in [1.54, 1.807) is 0 Å². The van der Waals surface area contributed by atoms with Crippen molar-refractivity contribution >= 4 is 22.5 Å². The predicted molar refractivity (Wildman–Crippen MR) is 60.7 cm³/mol. The van der Waals surface area contributed by atoms with E-state index in [4.69, 9.17) is 17.3 Å². The Balaban J connectivity index is 2.45. The third-order valence-electron chi connectivity index (χ3n) is 2.39. The molecule has 0 saturated carbocycles. The van der Waals surface area contributed by atoms with Gasteiger partial charge in [0.2, 0.25) is 0 Å². The third-order valence-corrected chi connectivity index (χ3v) is 2.70. The van der Waals surface area contributed by atoms with E-state index >= 15 is 0 Å². The minimum atomic E-state index is 0.719. The molecule has 74 valence electrons. The van der Waals surface area contributed by atoms with E-state index in [9.17, 15) is 0 Å². The van der Waals surface area contributed by atoms with E-state index in [-0.39, 0.29) is 0 Å². The fraction of sp³-hybridized carbons (Fsp3) is 0.273. The minimum Gasteiger partial charge on any atom is -0.361 e. The van der Waals surface area contributed by atoms with Crippen LogP contribution < -0.4 is 5.73 Å². The van der Waals surface area contributed by atoms with Crippen LogP contribution in [0.25, 0.3) is 10.9 Å². The lowest BCUT2D eigenvalue weighted by molar-refractivity contribution is 0.837. The number of H-pyrrole nitrogens is 1. The quantitative estimate of drug-likeness (QED) is 0.800. The number of nitrogens with one attached hydrogen (secondary N) is 1. The highest BCUT2D eigenvalue weighted by Crippen LogP contribution is 2.26. The molecule has 0 aliphatic rings. The van der Waals surface area contributed by atoms with Crippen LogP contribution in [0.2, 0.25) is 5.02 Å². The van der Waals surface area contributed by atoms with Gasteiger partial charge in [0.1, 0.15) is 0 Å². The molecule has 1 heterocycles. The van der Waals surface area contributed by atoms with Crippen LogP contribution in [0.3, 0.4) is 0 Å². The Morgan fingerprint density at radius 2 is 2.21 bits per heavy atom. The molecule has 3 N–H and O–H groups in total. The van der Waals surface area contributed by atoms with Gasteiger partial charge in [-0.05, 0) is 37.1 Å². The molecule has 0 atom stereocenters. The minimum absolute atomic E-state index is 0.719. The number of aryl methyl sites for hydroxylation is 1. The zero-order valence-electron chi connectivity index (χ0n) is 7.89. The summed E-state index contributed by atoms with van der Waals surface area (Å²) in [7, 11) is 0. The van der Waals surface area contributed by atoms with Crippen molar-refractivity contribution in [1.82, 2.24) is 4.98 Å². The Hall–Kier alpha value is -0.990. The summed E-state index contributed by atoms with van der Waals surface area (Å²) >= 11 is 6.13. The van der Waals surface area contributed by atoms with Gasteiger partial charge in [-0.1, -0.05) is 17.7 Å². The second-order valence-corrected chi connectivity index (χ2v) is 3.78. The summed E-state index contributed by atoms with van der Waals surface area (Å²) < 4.78 is 0. The number of hydrogen-bond donors (Lipinski definition) is 2. The maximum Gasteiger partial charge on any atom is 0.0502 e. The molecule has 0 spiro atoms. The van der Waals surface area contributed by atoms with Crippen LogP contribution >= 0.6 is 11.6 Å². The van der Waals surface area contributed by atoms with Crippen molar-refractivity contribution in [2.45, 2.75) is 12.8 Å². The molecule has 0 aliphatic heterocycles. The van der Waals surface area contributed by atoms with Crippen LogP contribution in [-0.4, -0.2) is 11.5 Å². The van der Waals surface area contributed by atoms with E-state index in [1.807, 2.05) is 24.4 Å². The summed E-state index contributed by atoms with van der Waals surface area (Å²) in [6.45, 7) is 0.719. The van der Waals surface area contributed by atoms with Gasteiger partial charge in [0.15, 0.2) is 0 Å². The van der Waals surface area contributed by atoms with Crippen molar-refractivity contribution in [2.75, 3.05) is 6.54 Å². The molecule has 0 fully saturated rings. The van der Waals surface area contributed by atoms with Gasteiger partial charge < -0.3 is 10.7 Å². The Labute approximate surface area is 88.1 Å². The summed E-state index contributed by atoms with van der Waals surface area (Å²) in [5.41, 5.74) is 7.85. The lowest BCUT2D eigenvalue weighted by atomic mass is 10.1. The number of nitrogens with two attached hydrogens (primary N) is 1. The van der Waals surface area contributed by atoms with E-state index in [1.165, 1.54) is 5.56 Å². The highest BCUT2D eigenvalue weighted by molar-refractivity contribution is 6.35. The van der Waals surface area contributed by atoms with Gasteiger partial charge in [-0.2, -0.15) is 0 Å². The lowest BCUT2D eigenvalue weighted by Gasteiger charge is -1.99. The molecule has 0 saturated heterocycles. The molecule has 0 aliphatic carbocycles. The first-order valence-corrected chi connectivity index (χ1v) is 5.15. The monoisotopic (exact) mass is 208 g/mol. The molecule has 1 aromatic carbocycles. The van der Waals surface area contributed by atoms with Gasteiger partial charge in [-0.15, -0.1) is 0 Å². The fourth-order valence-corrected chi connectivity index (χ4v) is 1.99. The van der Waals surface area contributed by atoms with E-state index < -0.39 is 0 Å². The van der Waals surface area contributed by atoms with Crippen LogP contribution in [0.1, 0.15) is 12.0 Å². The molecular weight excluding hydrogens is 196 g/mol. The van der Waals surface area contributed by atoms with Crippen molar-refractivity contribution in [3.8, 4) is 0 Å². The van der Waals surface area contributed by atoms with Gasteiger partial charge in [0, 0.05) is 17.1 Å². The molecule has 0 unspecified atom stereocenters. The fourth-order valence-electron chi connectivity index (χ4n) is 1.70. The Kier molecular flexibility index (Phi) is 2.75. The van der Waals surface area contributed by atoms with Crippen LogP contribution in [-0.2, 0) is 6.42 Å². The first-order valence-electron chi connectivity index (χ1n) is 4.77. The molecule has 3 heteroatoms. The van der Waals surface area contributed by atoms with Crippen LogP contribution in [0.4, 0.5) is 0 Å². The predicted octanol–water partition coefficient (Wildman–Crippen LogP) is 2.71. The highest BCUT2D eigenvalue weighted by Gasteiger charge is 2.05. The third kappa shape index (κ3) is 1.63. The first-order chi connectivity index (χ1) is 6.83. The highest BCUT2D eigenvalue weighted by atomic mass is 35.5. The van der Waals surface area contributed by atoms with Crippen molar-refractivity contribution in [2.24, 2.45) is 5.73 Å². The normalized spacial score (nSPS) is 11.0. The smallest absolute Gasteiger partial charge is 0.0502 e. The number of aromatic amines is 1. The molecule has 1 aromatic heterocycles. The first kappa shape index (κ1) is 9.56. The number of benzene rings is 1. The van der Waals surface area contributed by atoms with E-state index in [0.717, 1.165) is 35.3 Å². The van der Waals surface area contributed by atoms with Crippen molar-refractivity contribution < 1.29 is 0 Å². The molecule has 2 rings (SSSR count). The van der Waals surface area contributed by atoms with Gasteiger partial charge >= 0.3 is 0 Å². The van der Waals surface area contributed by atoms with Crippen LogP contribution in [0.15, 0.2) is 24.4 Å². The van der Waals surface area contributed by atoms with Crippen LogP contribution in [0, 0.1) is 0 Å².